The summed E-state index contributed by atoms with van der Waals surface area (Å²) in [5, 5.41) is 0. The molecule has 1 nitrogen and oxygen atoms in total. The van der Waals surface area contributed by atoms with E-state index in [1.165, 1.54) is 0 Å². The Morgan fingerprint density at radius 3 is 1.61 bits per heavy atom. The van der Waals surface area contributed by atoms with Gasteiger partial charge in [-0.1, -0.05) is 0 Å². The van der Waals surface area contributed by atoms with Crippen molar-refractivity contribution in [2.75, 3.05) is 0 Å². The van der Waals surface area contributed by atoms with Crippen molar-refractivity contribution in [2.24, 2.45) is 0 Å². The lowest BCUT2D eigenvalue weighted by atomic mass is 10.1. The molecule has 0 N–H and O–H groups in total. The molecule has 1 aromatic rings. The van der Waals surface area contributed by atoms with Gasteiger partial charge in [-0.3, -0.25) is 0 Å². The van der Waals surface area contributed by atoms with Crippen LogP contribution in [0.3, 0.4) is 0 Å². The van der Waals surface area contributed by atoms with Crippen LogP contribution in [-0.2, 0) is 11.8 Å². The number of hydrogen-bond acceptors (Lipinski definition) is 1. The Morgan fingerprint density at radius 1 is 0.667 bits per heavy atom. The molecule has 1 aliphatic rings. The first-order valence-electron chi connectivity index (χ1n) is 4.15. The van der Waals surface area contributed by atoms with E-state index >= 15 is 0 Å². The Kier molecular flexibility index (Phi) is 2.23. The number of alkyl halides is 6. The highest BCUT2D eigenvalue weighted by atomic mass is 19.3. The van der Waals surface area contributed by atoms with Crippen LogP contribution in [0.4, 0.5) is 39.5 Å². The van der Waals surface area contributed by atoms with Gasteiger partial charge < -0.3 is 0 Å². The Morgan fingerprint density at radius 2 is 1.11 bits per heavy atom. The van der Waals surface area contributed by atoms with Crippen molar-refractivity contribution >= 4 is 0 Å². The second-order valence-electron chi connectivity index (χ2n) is 3.48. The Hall–Kier alpha value is -1.48. The van der Waals surface area contributed by atoms with E-state index in [1.807, 2.05) is 4.98 Å². The fraction of sp³-hybridized carbons (Fsp3) is 0.375. The fourth-order valence-corrected chi connectivity index (χ4v) is 1.60. The van der Waals surface area contributed by atoms with Crippen LogP contribution >= 0.6 is 0 Å². The van der Waals surface area contributed by atoms with Crippen LogP contribution in [0.15, 0.2) is 0 Å². The second-order valence-corrected chi connectivity index (χ2v) is 3.48. The van der Waals surface area contributed by atoms with Gasteiger partial charge in [-0.2, -0.15) is 40.1 Å². The van der Waals surface area contributed by atoms with Gasteiger partial charge in [0.25, 0.3) is 5.95 Å². The molecule has 0 bridgehead atoms. The predicted octanol–water partition coefficient (Wildman–Crippen LogP) is 3.33. The lowest BCUT2D eigenvalue weighted by Gasteiger charge is -2.23. The predicted molar refractivity (Wildman–Crippen MR) is 36.8 cm³/mol. The molecule has 0 fully saturated rings. The molecular weight excluding hydrogens is 281 g/mol. The van der Waals surface area contributed by atoms with Gasteiger partial charge >= 0.3 is 17.8 Å². The van der Waals surface area contributed by atoms with Crippen molar-refractivity contribution in [2.45, 2.75) is 17.8 Å². The topological polar surface area (TPSA) is 12.9 Å². The number of halogens is 9. The van der Waals surface area contributed by atoms with E-state index in [2.05, 4.69) is 0 Å². The van der Waals surface area contributed by atoms with Crippen LogP contribution in [0, 0.1) is 17.7 Å². The highest BCUT2D eigenvalue weighted by Crippen LogP contribution is 2.63. The van der Waals surface area contributed by atoms with E-state index < -0.39 is 46.6 Å². The standard InChI is InChI=1S/C8F9N/c9-3-1-2(4(10)18-5(3)11)7(14,15)8(16,17)6(1,12)13. The van der Waals surface area contributed by atoms with E-state index in [1.54, 1.807) is 0 Å². The minimum absolute atomic E-state index is 1.92. The molecule has 0 saturated heterocycles. The lowest BCUT2D eigenvalue weighted by Crippen LogP contribution is -2.43. The molecule has 2 rings (SSSR count). The molecule has 0 atom stereocenters. The molecule has 0 unspecified atom stereocenters. The number of aromatic nitrogens is 1. The van der Waals surface area contributed by atoms with Gasteiger partial charge in [-0.15, -0.1) is 0 Å². The van der Waals surface area contributed by atoms with E-state index in [0.29, 0.717) is 0 Å². The van der Waals surface area contributed by atoms with Gasteiger partial charge in [0, 0.05) is 0 Å². The highest BCUT2D eigenvalue weighted by molar-refractivity contribution is 5.44. The summed E-state index contributed by atoms with van der Waals surface area (Å²) in [5.41, 5.74) is -5.33. The van der Waals surface area contributed by atoms with Crippen molar-refractivity contribution in [3.8, 4) is 0 Å². The SMILES string of the molecule is Fc1nc(F)c2c(c1F)C(F)(F)C(F)(F)C2(F)F. The number of fused-ring (bicyclic) bond motifs is 1. The third-order valence-corrected chi connectivity index (χ3v) is 2.47. The monoisotopic (exact) mass is 281 g/mol. The van der Waals surface area contributed by atoms with Crippen molar-refractivity contribution < 1.29 is 39.5 Å². The third kappa shape index (κ3) is 1.13. The van der Waals surface area contributed by atoms with E-state index in [4.69, 9.17) is 0 Å². The van der Waals surface area contributed by atoms with E-state index in [-0.39, 0.29) is 0 Å². The van der Waals surface area contributed by atoms with Crippen molar-refractivity contribution in [1.29, 1.82) is 0 Å². The van der Waals surface area contributed by atoms with E-state index in [9.17, 15) is 39.5 Å². The summed E-state index contributed by atoms with van der Waals surface area (Å²) in [4.78, 5) is 1.92. The van der Waals surface area contributed by atoms with Crippen LogP contribution in [0.2, 0.25) is 0 Å². The molecule has 0 saturated carbocycles. The first kappa shape index (κ1) is 13.0. The Balaban J connectivity index is 2.96. The molecule has 1 aliphatic carbocycles. The van der Waals surface area contributed by atoms with Gasteiger partial charge in [-0.05, 0) is 0 Å². The average molecular weight is 281 g/mol. The van der Waals surface area contributed by atoms with E-state index in [0.717, 1.165) is 0 Å². The van der Waals surface area contributed by atoms with Gasteiger partial charge in [-0.25, -0.2) is 4.39 Å². The maximum Gasteiger partial charge on any atom is 0.380 e. The molecule has 0 radical (unpaired) electrons. The molecule has 0 amide bonds. The number of rotatable bonds is 0. The largest absolute Gasteiger partial charge is 0.380 e. The fourth-order valence-electron chi connectivity index (χ4n) is 1.60. The molecule has 1 heterocycles. The van der Waals surface area contributed by atoms with Gasteiger partial charge in [0.1, 0.15) is 0 Å². The molecule has 0 aromatic carbocycles. The minimum Gasteiger partial charge on any atom is -0.201 e. The summed E-state index contributed by atoms with van der Waals surface area (Å²) in [5.74, 6) is -25.4. The zero-order valence-corrected chi connectivity index (χ0v) is 7.85. The second kappa shape index (κ2) is 3.09. The zero-order valence-electron chi connectivity index (χ0n) is 7.85. The molecule has 0 spiro atoms. The smallest absolute Gasteiger partial charge is 0.201 e. The summed E-state index contributed by atoms with van der Waals surface area (Å²) >= 11 is 0. The summed E-state index contributed by atoms with van der Waals surface area (Å²) in [6.07, 6.45) is 0. The van der Waals surface area contributed by atoms with Crippen molar-refractivity contribution in [1.82, 2.24) is 4.98 Å². The summed E-state index contributed by atoms with van der Waals surface area (Å²) in [6, 6.07) is 0. The zero-order chi connectivity index (χ0) is 14.1. The molecule has 18 heavy (non-hydrogen) atoms. The summed E-state index contributed by atoms with van der Waals surface area (Å²) in [7, 11) is 0. The van der Waals surface area contributed by atoms with Gasteiger partial charge in [0.2, 0.25) is 5.95 Å². The number of pyridine rings is 1. The molecular formula is C8F9N. The molecule has 100 valence electrons. The number of nitrogens with zero attached hydrogens (tertiary/aromatic N) is 1. The van der Waals surface area contributed by atoms with Crippen LogP contribution in [0.25, 0.3) is 0 Å². The first-order valence-corrected chi connectivity index (χ1v) is 4.15. The van der Waals surface area contributed by atoms with Crippen LogP contribution < -0.4 is 0 Å². The highest BCUT2D eigenvalue weighted by Gasteiger charge is 2.81. The van der Waals surface area contributed by atoms with Gasteiger partial charge in [0.15, 0.2) is 5.82 Å². The summed E-state index contributed by atoms with van der Waals surface area (Å²) < 4.78 is 116. The maximum atomic E-state index is 13.0. The third-order valence-electron chi connectivity index (χ3n) is 2.47. The average Bonchev–Trinajstić information content (AvgIpc) is 2.31. The summed E-state index contributed by atoms with van der Waals surface area (Å²) in [6.45, 7) is 0. The Bertz CT molecular complexity index is 536. The van der Waals surface area contributed by atoms with Crippen LogP contribution in [0.1, 0.15) is 11.1 Å². The molecule has 1 aromatic heterocycles. The quantitative estimate of drug-likeness (QED) is 0.525. The van der Waals surface area contributed by atoms with Gasteiger partial charge in [0.05, 0.1) is 11.1 Å². The van der Waals surface area contributed by atoms with Crippen LogP contribution in [-0.4, -0.2) is 10.9 Å². The Labute approximate surface area is 92.2 Å². The normalized spacial score (nSPS) is 22.9. The molecule has 10 heteroatoms. The first-order chi connectivity index (χ1) is 7.96. The van der Waals surface area contributed by atoms with Crippen molar-refractivity contribution in [3.05, 3.63) is 28.8 Å². The lowest BCUT2D eigenvalue weighted by molar-refractivity contribution is -0.303. The maximum absolute atomic E-state index is 13.0. The van der Waals surface area contributed by atoms with Crippen molar-refractivity contribution in [3.63, 3.8) is 0 Å². The van der Waals surface area contributed by atoms with Crippen LogP contribution in [0.5, 0.6) is 0 Å². The minimum atomic E-state index is -6.08. The molecule has 0 aliphatic heterocycles. The number of hydrogen-bond donors (Lipinski definition) is 0.